The van der Waals surface area contributed by atoms with Crippen molar-refractivity contribution in [2.24, 2.45) is 0 Å². The molecule has 1 N–H and O–H groups in total. The molecule has 0 saturated carbocycles. The highest BCUT2D eigenvalue weighted by Crippen LogP contribution is 2.21. The fourth-order valence-corrected chi connectivity index (χ4v) is 2.58. The number of hydrogen-bond donors (Lipinski definition) is 1. The van der Waals surface area contributed by atoms with Gasteiger partial charge in [-0.3, -0.25) is 0 Å². The van der Waals surface area contributed by atoms with E-state index in [2.05, 4.69) is 73.8 Å². The zero-order valence-corrected chi connectivity index (χ0v) is 13.3. The van der Waals surface area contributed by atoms with Crippen molar-refractivity contribution in [3.8, 4) is 11.1 Å². The van der Waals surface area contributed by atoms with Crippen molar-refractivity contribution in [1.82, 2.24) is 5.32 Å². The second-order valence-corrected chi connectivity index (χ2v) is 5.72. The molecule has 112 valence electrons. The van der Waals surface area contributed by atoms with Gasteiger partial charge in [-0.05, 0) is 36.6 Å². The molecule has 0 aliphatic rings. The Morgan fingerprint density at radius 3 is 2.14 bits per heavy atom. The van der Waals surface area contributed by atoms with Crippen LogP contribution < -0.4 is 5.32 Å². The average molecular weight is 281 g/mol. The molecule has 0 spiro atoms. The summed E-state index contributed by atoms with van der Waals surface area (Å²) in [6.45, 7) is 5.61. The molecule has 0 saturated heterocycles. The van der Waals surface area contributed by atoms with E-state index in [0.29, 0.717) is 6.04 Å². The zero-order chi connectivity index (χ0) is 14.9. The average Bonchev–Trinajstić information content (AvgIpc) is 2.55. The SMILES string of the molecule is CCCCCCNC(C)c1ccc(-c2ccccc2)cc1. The number of rotatable bonds is 8. The largest absolute Gasteiger partial charge is 0.310 e. The molecule has 1 unspecified atom stereocenters. The van der Waals surface area contributed by atoms with Crippen molar-refractivity contribution in [3.05, 3.63) is 60.2 Å². The van der Waals surface area contributed by atoms with Gasteiger partial charge in [0.15, 0.2) is 0 Å². The molecule has 0 aliphatic heterocycles. The standard InChI is InChI=1S/C20H27N/c1-3-4-5-9-16-21-17(2)18-12-14-20(15-13-18)19-10-7-6-8-11-19/h6-8,10-15,17,21H,3-5,9,16H2,1-2H3. The number of hydrogen-bond acceptors (Lipinski definition) is 1. The topological polar surface area (TPSA) is 12.0 Å². The summed E-state index contributed by atoms with van der Waals surface area (Å²) in [6.07, 6.45) is 5.27. The summed E-state index contributed by atoms with van der Waals surface area (Å²) in [5, 5.41) is 3.62. The van der Waals surface area contributed by atoms with Crippen molar-refractivity contribution >= 4 is 0 Å². The van der Waals surface area contributed by atoms with E-state index in [-0.39, 0.29) is 0 Å². The predicted molar refractivity (Wildman–Crippen MR) is 92.4 cm³/mol. The minimum absolute atomic E-state index is 0.427. The van der Waals surface area contributed by atoms with E-state index in [1.807, 2.05) is 0 Å². The molecule has 1 heteroatoms. The van der Waals surface area contributed by atoms with Gasteiger partial charge in [-0.25, -0.2) is 0 Å². The molecular formula is C20H27N. The molecule has 0 bridgehead atoms. The molecule has 0 aromatic heterocycles. The Kier molecular flexibility index (Phi) is 6.49. The van der Waals surface area contributed by atoms with E-state index in [4.69, 9.17) is 0 Å². The molecule has 0 heterocycles. The molecule has 1 atom stereocenters. The van der Waals surface area contributed by atoms with Crippen molar-refractivity contribution < 1.29 is 0 Å². The summed E-state index contributed by atoms with van der Waals surface area (Å²) in [7, 11) is 0. The number of benzene rings is 2. The molecule has 0 radical (unpaired) electrons. The van der Waals surface area contributed by atoms with Gasteiger partial charge in [-0.2, -0.15) is 0 Å². The van der Waals surface area contributed by atoms with Crippen LogP contribution in [-0.4, -0.2) is 6.54 Å². The lowest BCUT2D eigenvalue weighted by atomic mass is 10.0. The van der Waals surface area contributed by atoms with E-state index in [9.17, 15) is 0 Å². The molecule has 2 aromatic rings. The lowest BCUT2D eigenvalue weighted by molar-refractivity contribution is 0.536. The summed E-state index contributed by atoms with van der Waals surface area (Å²) in [5.74, 6) is 0. The quantitative estimate of drug-likeness (QED) is 0.622. The third-order valence-corrected chi connectivity index (χ3v) is 4.00. The second kappa shape index (κ2) is 8.63. The van der Waals surface area contributed by atoms with Gasteiger partial charge in [0.25, 0.3) is 0 Å². The highest BCUT2D eigenvalue weighted by Gasteiger charge is 2.04. The Bertz CT molecular complexity index is 501. The Balaban J connectivity index is 1.87. The smallest absolute Gasteiger partial charge is 0.0291 e. The van der Waals surface area contributed by atoms with Gasteiger partial charge in [0.1, 0.15) is 0 Å². The summed E-state index contributed by atoms with van der Waals surface area (Å²) >= 11 is 0. The van der Waals surface area contributed by atoms with E-state index in [1.165, 1.54) is 42.4 Å². The predicted octanol–water partition coefficient (Wildman–Crippen LogP) is 5.58. The fraction of sp³-hybridized carbons (Fsp3) is 0.400. The fourth-order valence-electron chi connectivity index (χ4n) is 2.58. The Morgan fingerprint density at radius 2 is 1.48 bits per heavy atom. The van der Waals surface area contributed by atoms with Gasteiger partial charge in [-0.15, -0.1) is 0 Å². The lowest BCUT2D eigenvalue weighted by Crippen LogP contribution is -2.19. The number of nitrogens with one attached hydrogen (secondary N) is 1. The maximum atomic E-state index is 3.62. The van der Waals surface area contributed by atoms with Crippen LogP contribution in [0.2, 0.25) is 0 Å². The van der Waals surface area contributed by atoms with Crippen LogP contribution in [0.15, 0.2) is 54.6 Å². The highest BCUT2D eigenvalue weighted by molar-refractivity contribution is 5.63. The van der Waals surface area contributed by atoms with Crippen LogP contribution in [0.5, 0.6) is 0 Å². The first-order chi connectivity index (χ1) is 10.3. The molecule has 0 amide bonds. The Morgan fingerprint density at radius 1 is 0.810 bits per heavy atom. The Hall–Kier alpha value is -1.60. The first-order valence-corrected chi connectivity index (χ1v) is 8.20. The highest BCUT2D eigenvalue weighted by atomic mass is 14.9. The van der Waals surface area contributed by atoms with Crippen molar-refractivity contribution in [2.45, 2.75) is 45.6 Å². The number of unbranched alkanes of at least 4 members (excludes halogenated alkanes) is 3. The van der Waals surface area contributed by atoms with Crippen LogP contribution in [0, 0.1) is 0 Å². The van der Waals surface area contributed by atoms with Crippen LogP contribution >= 0.6 is 0 Å². The normalized spacial score (nSPS) is 12.3. The Labute approximate surface area is 129 Å². The maximum Gasteiger partial charge on any atom is 0.0291 e. The molecule has 1 nitrogen and oxygen atoms in total. The molecule has 2 rings (SSSR count). The summed E-state index contributed by atoms with van der Waals surface area (Å²) in [4.78, 5) is 0. The van der Waals surface area contributed by atoms with Crippen LogP contribution in [0.3, 0.4) is 0 Å². The van der Waals surface area contributed by atoms with Gasteiger partial charge >= 0.3 is 0 Å². The van der Waals surface area contributed by atoms with Gasteiger partial charge < -0.3 is 5.32 Å². The second-order valence-electron chi connectivity index (χ2n) is 5.72. The molecule has 21 heavy (non-hydrogen) atoms. The molecular weight excluding hydrogens is 254 g/mol. The van der Waals surface area contributed by atoms with E-state index in [1.54, 1.807) is 0 Å². The summed E-state index contributed by atoms with van der Waals surface area (Å²) in [5.41, 5.74) is 3.93. The minimum atomic E-state index is 0.427. The zero-order valence-electron chi connectivity index (χ0n) is 13.3. The van der Waals surface area contributed by atoms with Crippen molar-refractivity contribution in [3.63, 3.8) is 0 Å². The maximum absolute atomic E-state index is 3.62. The third-order valence-electron chi connectivity index (χ3n) is 4.00. The first-order valence-electron chi connectivity index (χ1n) is 8.20. The minimum Gasteiger partial charge on any atom is -0.310 e. The van der Waals surface area contributed by atoms with Crippen LogP contribution in [0.1, 0.15) is 51.1 Å². The molecule has 0 aliphatic carbocycles. The van der Waals surface area contributed by atoms with Crippen LogP contribution in [0.25, 0.3) is 11.1 Å². The van der Waals surface area contributed by atoms with E-state index >= 15 is 0 Å². The van der Waals surface area contributed by atoms with Gasteiger partial charge in [0.05, 0.1) is 0 Å². The first kappa shape index (κ1) is 15.8. The van der Waals surface area contributed by atoms with Gasteiger partial charge in [0, 0.05) is 6.04 Å². The van der Waals surface area contributed by atoms with Crippen LogP contribution in [-0.2, 0) is 0 Å². The van der Waals surface area contributed by atoms with Gasteiger partial charge in [-0.1, -0.05) is 80.8 Å². The molecule has 2 aromatic carbocycles. The van der Waals surface area contributed by atoms with Gasteiger partial charge in [0.2, 0.25) is 0 Å². The van der Waals surface area contributed by atoms with Crippen molar-refractivity contribution in [1.29, 1.82) is 0 Å². The molecule has 0 fully saturated rings. The summed E-state index contributed by atoms with van der Waals surface area (Å²) in [6, 6.07) is 19.9. The van der Waals surface area contributed by atoms with E-state index in [0.717, 1.165) is 6.54 Å². The monoisotopic (exact) mass is 281 g/mol. The summed E-state index contributed by atoms with van der Waals surface area (Å²) < 4.78 is 0. The van der Waals surface area contributed by atoms with Crippen molar-refractivity contribution in [2.75, 3.05) is 6.54 Å². The van der Waals surface area contributed by atoms with E-state index < -0.39 is 0 Å². The third kappa shape index (κ3) is 5.02. The lowest BCUT2D eigenvalue weighted by Gasteiger charge is -2.15. The van der Waals surface area contributed by atoms with Crippen LogP contribution in [0.4, 0.5) is 0 Å².